The number of amides is 4. The van der Waals surface area contributed by atoms with Gasteiger partial charge in [-0.05, 0) is 37.8 Å². The molecule has 0 spiro atoms. The van der Waals surface area contributed by atoms with Crippen LogP contribution in [0.2, 0.25) is 5.02 Å². The summed E-state index contributed by atoms with van der Waals surface area (Å²) in [5.41, 5.74) is 11.5. The van der Waals surface area contributed by atoms with Crippen LogP contribution in [-0.4, -0.2) is 85.5 Å². The summed E-state index contributed by atoms with van der Waals surface area (Å²) in [4.78, 5) is 65.8. The summed E-state index contributed by atoms with van der Waals surface area (Å²) in [6, 6.07) is 1.55. The van der Waals surface area contributed by atoms with E-state index in [1.807, 2.05) is 0 Å². The fraction of sp³-hybridized carbons (Fsp3) is 0.423. The van der Waals surface area contributed by atoms with Gasteiger partial charge in [0.15, 0.2) is 5.96 Å². The number of aromatic nitrogens is 3. The number of hydrogen-bond acceptors (Lipinski definition) is 8. The second kappa shape index (κ2) is 14.0. The lowest BCUT2D eigenvalue weighted by atomic mass is 10.1. The SMILES string of the molecule is CNC(=O)[C@H](CCCCN=C(N)N)N(Cl)C(=O)c1csc([C@H]2C[C@@H](NC(C)=O)CN2C(=O)c2cn3cc(Cl)ccc3n2)n1. The van der Waals surface area contributed by atoms with Crippen LogP contribution < -0.4 is 22.1 Å². The van der Waals surface area contributed by atoms with Crippen LogP contribution in [0.4, 0.5) is 0 Å². The third-order valence-electron chi connectivity index (χ3n) is 6.83. The van der Waals surface area contributed by atoms with Crippen molar-refractivity contribution in [3.8, 4) is 0 Å². The van der Waals surface area contributed by atoms with E-state index in [-0.39, 0.29) is 48.2 Å². The van der Waals surface area contributed by atoms with Crippen LogP contribution in [0.5, 0.6) is 0 Å². The van der Waals surface area contributed by atoms with E-state index in [1.165, 1.54) is 30.7 Å². The molecule has 0 bridgehead atoms. The number of nitrogens with zero attached hydrogens (tertiary/aromatic N) is 6. The lowest BCUT2D eigenvalue weighted by Crippen LogP contribution is -2.44. The van der Waals surface area contributed by atoms with Crippen LogP contribution in [-0.2, 0) is 9.59 Å². The van der Waals surface area contributed by atoms with Crippen LogP contribution >= 0.6 is 34.7 Å². The lowest BCUT2D eigenvalue weighted by Gasteiger charge is -2.23. The molecule has 6 N–H and O–H groups in total. The first-order chi connectivity index (χ1) is 20.5. The normalized spacial score (nSPS) is 17.0. The van der Waals surface area contributed by atoms with Gasteiger partial charge in [0.05, 0.1) is 11.1 Å². The highest BCUT2D eigenvalue weighted by Crippen LogP contribution is 2.35. The van der Waals surface area contributed by atoms with Gasteiger partial charge in [-0.1, -0.05) is 11.6 Å². The summed E-state index contributed by atoms with van der Waals surface area (Å²) in [6.45, 7) is 2.01. The number of likely N-dealkylation sites (tertiary alicyclic amines) is 1. The van der Waals surface area contributed by atoms with E-state index in [0.29, 0.717) is 41.5 Å². The minimum absolute atomic E-state index is 0.0227. The highest BCUT2D eigenvalue weighted by Gasteiger charge is 2.40. The van der Waals surface area contributed by atoms with Gasteiger partial charge in [0.2, 0.25) is 11.8 Å². The lowest BCUT2D eigenvalue weighted by molar-refractivity contribution is -0.124. The second-order valence-electron chi connectivity index (χ2n) is 9.97. The van der Waals surface area contributed by atoms with Crippen molar-refractivity contribution in [2.75, 3.05) is 20.1 Å². The van der Waals surface area contributed by atoms with Crippen molar-refractivity contribution in [2.24, 2.45) is 16.5 Å². The van der Waals surface area contributed by atoms with E-state index in [2.05, 4.69) is 25.6 Å². The predicted octanol–water partition coefficient (Wildman–Crippen LogP) is 1.69. The zero-order valence-corrected chi connectivity index (χ0v) is 25.8. The van der Waals surface area contributed by atoms with Gasteiger partial charge in [-0.2, -0.15) is 0 Å². The first-order valence-electron chi connectivity index (χ1n) is 13.4. The Balaban J connectivity index is 1.53. The maximum atomic E-state index is 13.7. The molecule has 3 aromatic heterocycles. The molecule has 230 valence electrons. The molecule has 0 radical (unpaired) electrons. The molecule has 0 saturated carbocycles. The number of nitrogens with one attached hydrogen (secondary N) is 2. The average Bonchev–Trinajstić information content (AvgIpc) is 3.71. The standard InChI is InChI=1S/C26H32Cl2N10O4S/c1-14(39)33-16-9-20(37(11-16)24(41)17-12-36-10-15(27)6-7-21(36)34-17)23-35-18(13-43-23)25(42)38(28)19(22(40)31-2)5-3-4-8-32-26(29)30/h6-7,10,12-13,16,19-20H,3-5,8-9,11H2,1-2H3,(H,31,40)(H,33,39)(H4,29,30,32)/t16-,19+,20-/m1/s1. The van der Waals surface area contributed by atoms with Gasteiger partial charge in [0, 0.05) is 62.7 Å². The number of fused-ring (bicyclic) bond motifs is 1. The molecule has 4 heterocycles. The number of pyridine rings is 1. The Hall–Kier alpha value is -3.95. The van der Waals surface area contributed by atoms with E-state index < -0.39 is 23.9 Å². The molecule has 43 heavy (non-hydrogen) atoms. The summed E-state index contributed by atoms with van der Waals surface area (Å²) in [6.07, 6.45) is 5.02. The zero-order chi connectivity index (χ0) is 31.3. The van der Waals surface area contributed by atoms with Crippen molar-refractivity contribution in [1.29, 1.82) is 0 Å². The van der Waals surface area contributed by atoms with Crippen molar-refractivity contribution in [1.82, 2.24) is 34.3 Å². The van der Waals surface area contributed by atoms with Gasteiger partial charge in [-0.25, -0.2) is 14.4 Å². The maximum Gasteiger partial charge on any atom is 0.288 e. The third-order valence-corrected chi connectivity index (χ3v) is 8.38. The molecule has 0 aliphatic carbocycles. The van der Waals surface area contributed by atoms with E-state index >= 15 is 0 Å². The number of hydrogen-bond donors (Lipinski definition) is 4. The number of nitrogens with two attached hydrogens (primary N) is 2. The second-order valence-corrected chi connectivity index (χ2v) is 11.7. The first kappa shape index (κ1) is 32.0. The van der Waals surface area contributed by atoms with Crippen LogP contribution in [0.25, 0.3) is 5.65 Å². The Labute approximate surface area is 261 Å². The summed E-state index contributed by atoms with van der Waals surface area (Å²) in [5, 5.41) is 7.91. The first-order valence-corrected chi connectivity index (χ1v) is 15.0. The minimum atomic E-state index is -0.958. The molecule has 1 saturated heterocycles. The van der Waals surface area contributed by atoms with Crippen molar-refractivity contribution in [3.63, 3.8) is 0 Å². The van der Waals surface area contributed by atoms with Gasteiger partial charge in [-0.3, -0.25) is 24.2 Å². The van der Waals surface area contributed by atoms with Gasteiger partial charge in [0.25, 0.3) is 11.8 Å². The number of unbranched alkanes of at least 4 members (excludes halogenated alkanes) is 1. The number of carbonyl (C=O) groups excluding carboxylic acids is 4. The van der Waals surface area contributed by atoms with Crippen molar-refractivity contribution >= 4 is 69.9 Å². The minimum Gasteiger partial charge on any atom is -0.370 e. The van der Waals surface area contributed by atoms with Crippen LogP contribution in [0, 0.1) is 0 Å². The molecule has 0 unspecified atom stereocenters. The highest BCUT2D eigenvalue weighted by atomic mass is 35.5. The van der Waals surface area contributed by atoms with E-state index in [0.717, 1.165) is 4.42 Å². The van der Waals surface area contributed by atoms with Crippen LogP contribution in [0.15, 0.2) is 34.9 Å². The van der Waals surface area contributed by atoms with Gasteiger partial charge >= 0.3 is 0 Å². The molecular formula is C26H32Cl2N10O4S. The Morgan fingerprint density at radius 1 is 1.19 bits per heavy atom. The number of rotatable bonds is 11. The van der Waals surface area contributed by atoms with Gasteiger partial charge < -0.3 is 31.4 Å². The molecule has 14 nitrogen and oxygen atoms in total. The summed E-state index contributed by atoms with van der Waals surface area (Å²) < 4.78 is 2.50. The predicted molar refractivity (Wildman–Crippen MR) is 163 cm³/mol. The molecule has 1 fully saturated rings. The fourth-order valence-electron chi connectivity index (χ4n) is 4.86. The summed E-state index contributed by atoms with van der Waals surface area (Å²) in [7, 11) is 1.46. The molecule has 0 aromatic carbocycles. The summed E-state index contributed by atoms with van der Waals surface area (Å²) in [5.74, 6) is -1.70. The van der Waals surface area contributed by atoms with E-state index in [4.69, 9.17) is 34.8 Å². The smallest absolute Gasteiger partial charge is 0.288 e. The Kier molecular flexibility index (Phi) is 10.4. The molecule has 1 aliphatic heterocycles. The molecule has 3 atom stereocenters. The Morgan fingerprint density at radius 2 is 1.95 bits per heavy atom. The Bertz CT molecular complexity index is 1540. The number of likely N-dealkylation sites (N-methyl/N-ethyl adjacent to an activating group) is 1. The van der Waals surface area contributed by atoms with Crippen molar-refractivity contribution < 1.29 is 19.2 Å². The number of halogens is 2. The van der Waals surface area contributed by atoms with Gasteiger partial charge in [-0.15, -0.1) is 11.3 Å². The summed E-state index contributed by atoms with van der Waals surface area (Å²) >= 11 is 13.7. The molecular weight excluding hydrogens is 619 g/mol. The number of aliphatic imine (C=N–C) groups is 1. The van der Waals surface area contributed by atoms with Gasteiger partial charge in [0.1, 0.15) is 28.1 Å². The number of imidazole rings is 1. The quantitative estimate of drug-likeness (QED) is 0.104. The van der Waals surface area contributed by atoms with E-state index in [1.54, 1.807) is 33.8 Å². The molecule has 4 rings (SSSR count). The van der Waals surface area contributed by atoms with Crippen molar-refractivity contribution in [2.45, 2.75) is 50.7 Å². The number of thiazole rings is 1. The van der Waals surface area contributed by atoms with Crippen LogP contribution in [0.3, 0.4) is 0 Å². The molecule has 1 aliphatic rings. The zero-order valence-electron chi connectivity index (χ0n) is 23.5. The Morgan fingerprint density at radius 3 is 2.65 bits per heavy atom. The highest BCUT2D eigenvalue weighted by molar-refractivity contribution is 7.10. The number of carbonyl (C=O) groups is 4. The molecule has 4 amide bonds. The largest absolute Gasteiger partial charge is 0.370 e. The topological polar surface area (TPSA) is 193 Å². The molecule has 3 aromatic rings. The van der Waals surface area contributed by atoms with Crippen LogP contribution in [0.1, 0.15) is 64.6 Å². The van der Waals surface area contributed by atoms with Crippen molar-refractivity contribution in [3.05, 3.63) is 51.3 Å². The van der Waals surface area contributed by atoms with E-state index in [9.17, 15) is 19.2 Å². The number of guanidine groups is 1. The fourth-order valence-corrected chi connectivity index (χ4v) is 6.22. The molecule has 17 heteroatoms. The monoisotopic (exact) mass is 650 g/mol. The maximum absolute atomic E-state index is 13.7. The average molecular weight is 652 g/mol. The third kappa shape index (κ3) is 7.72.